The Bertz CT molecular complexity index is 604. The molecule has 2 nitrogen and oxygen atoms in total. The highest BCUT2D eigenvalue weighted by molar-refractivity contribution is 5.46. The van der Waals surface area contributed by atoms with E-state index in [4.69, 9.17) is 0 Å². The van der Waals surface area contributed by atoms with Crippen molar-refractivity contribution in [1.29, 1.82) is 0 Å². The van der Waals surface area contributed by atoms with E-state index in [9.17, 15) is 10.2 Å². The standard InChI is InChI=1S/C20H26O2/c1-3-4-5-9-15(2)17-11-8-13-20(22)18(17)14-16-10-6-7-12-19(16)21/h6-8,10-13,15,21-22H,3-5,9,14H2,1-2H3. The van der Waals surface area contributed by atoms with Gasteiger partial charge in [0.1, 0.15) is 11.5 Å². The van der Waals surface area contributed by atoms with Crippen LogP contribution in [-0.2, 0) is 6.42 Å². The van der Waals surface area contributed by atoms with E-state index in [0.717, 1.165) is 17.5 Å². The van der Waals surface area contributed by atoms with Crippen molar-refractivity contribution in [3.63, 3.8) is 0 Å². The van der Waals surface area contributed by atoms with Gasteiger partial charge in [-0.15, -0.1) is 0 Å². The minimum atomic E-state index is 0.287. The van der Waals surface area contributed by atoms with Crippen molar-refractivity contribution in [3.8, 4) is 11.5 Å². The van der Waals surface area contributed by atoms with Gasteiger partial charge in [-0.05, 0) is 35.6 Å². The van der Waals surface area contributed by atoms with Gasteiger partial charge in [0.05, 0.1) is 0 Å². The van der Waals surface area contributed by atoms with Crippen molar-refractivity contribution in [1.82, 2.24) is 0 Å². The molecule has 0 saturated carbocycles. The Kier molecular flexibility index (Phi) is 5.88. The lowest BCUT2D eigenvalue weighted by Gasteiger charge is -2.18. The number of para-hydroxylation sites is 1. The summed E-state index contributed by atoms with van der Waals surface area (Å²) in [5.41, 5.74) is 2.98. The molecule has 22 heavy (non-hydrogen) atoms. The highest BCUT2D eigenvalue weighted by atomic mass is 16.3. The molecule has 2 aromatic carbocycles. The molecule has 0 fully saturated rings. The lowest BCUT2D eigenvalue weighted by atomic mass is 9.88. The number of aromatic hydroxyl groups is 2. The molecule has 0 aliphatic heterocycles. The molecule has 0 bridgehead atoms. The fourth-order valence-electron chi connectivity index (χ4n) is 2.95. The number of unbranched alkanes of at least 4 members (excludes halogenated alkanes) is 2. The van der Waals surface area contributed by atoms with Crippen LogP contribution in [0.2, 0.25) is 0 Å². The van der Waals surface area contributed by atoms with Crippen LogP contribution >= 0.6 is 0 Å². The van der Waals surface area contributed by atoms with E-state index in [0.29, 0.717) is 18.1 Å². The molecule has 2 N–H and O–H groups in total. The van der Waals surface area contributed by atoms with E-state index < -0.39 is 0 Å². The first-order valence-electron chi connectivity index (χ1n) is 8.21. The largest absolute Gasteiger partial charge is 0.508 e. The number of hydrogen-bond acceptors (Lipinski definition) is 2. The van der Waals surface area contributed by atoms with E-state index in [-0.39, 0.29) is 5.75 Å². The summed E-state index contributed by atoms with van der Waals surface area (Å²) in [4.78, 5) is 0. The van der Waals surface area contributed by atoms with Crippen molar-refractivity contribution in [2.45, 2.75) is 51.9 Å². The molecule has 1 atom stereocenters. The van der Waals surface area contributed by atoms with Crippen LogP contribution in [-0.4, -0.2) is 10.2 Å². The quantitative estimate of drug-likeness (QED) is 0.674. The summed E-state index contributed by atoms with van der Waals surface area (Å²) in [6, 6.07) is 13.1. The molecule has 2 rings (SSSR count). The fourth-order valence-corrected chi connectivity index (χ4v) is 2.95. The Morgan fingerprint density at radius 2 is 1.64 bits per heavy atom. The first-order valence-corrected chi connectivity index (χ1v) is 8.21. The third-order valence-electron chi connectivity index (χ3n) is 4.32. The second-order valence-electron chi connectivity index (χ2n) is 6.05. The first kappa shape index (κ1) is 16.4. The molecular weight excluding hydrogens is 272 g/mol. The fraction of sp³-hybridized carbons (Fsp3) is 0.400. The maximum Gasteiger partial charge on any atom is 0.119 e. The van der Waals surface area contributed by atoms with Gasteiger partial charge in [0, 0.05) is 12.0 Å². The third kappa shape index (κ3) is 4.03. The molecule has 0 aromatic heterocycles. The van der Waals surface area contributed by atoms with E-state index in [1.54, 1.807) is 12.1 Å². The number of benzene rings is 2. The zero-order valence-corrected chi connectivity index (χ0v) is 13.5. The van der Waals surface area contributed by atoms with E-state index in [1.807, 2.05) is 24.3 Å². The summed E-state index contributed by atoms with van der Waals surface area (Å²) in [6.45, 7) is 4.43. The maximum absolute atomic E-state index is 10.3. The summed E-state index contributed by atoms with van der Waals surface area (Å²) >= 11 is 0. The zero-order chi connectivity index (χ0) is 15.9. The predicted molar refractivity (Wildman–Crippen MR) is 91.6 cm³/mol. The molecule has 0 saturated heterocycles. The van der Waals surface area contributed by atoms with Crippen molar-refractivity contribution in [3.05, 3.63) is 59.2 Å². The Morgan fingerprint density at radius 3 is 2.36 bits per heavy atom. The molecule has 0 spiro atoms. The summed E-state index contributed by atoms with van der Waals surface area (Å²) in [5, 5.41) is 20.3. The van der Waals surface area contributed by atoms with Gasteiger partial charge in [-0.25, -0.2) is 0 Å². The molecule has 0 radical (unpaired) electrons. The van der Waals surface area contributed by atoms with Crippen LogP contribution in [0.25, 0.3) is 0 Å². The first-order chi connectivity index (χ1) is 10.6. The lowest BCUT2D eigenvalue weighted by Crippen LogP contribution is -2.01. The second kappa shape index (κ2) is 7.88. The van der Waals surface area contributed by atoms with Crippen molar-refractivity contribution in [2.24, 2.45) is 0 Å². The van der Waals surface area contributed by atoms with Crippen molar-refractivity contribution < 1.29 is 10.2 Å². The van der Waals surface area contributed by atoms with Gasteiger partial charge >= 0.3 is 0 Å². The van der Waals surface area contributed by atoms with Crippen LogP contribution < -0.4 is 0 Å². The van der Waals surface area contributed by atoms with E-state index in [2.05, 4.69) is 19.9 Å². The van der Waals surface area contributed by atoms with E-state index in [1.165, 1.54) is 24.8 Å². The van der Waals surface area contributed by atoms with Crippen LogP contribution in [0.5, 0.6) is 11.5 Å². The lowest BCUT2D eigenvalue weighted by molar-refractivity contribution is 0.460. The van der Waals surface area contributed by atoms with Gasteiger partial charge in [-0.3, -0.25) is 0 Å². The van der Waals surface area contributed by atoms with Gasteiger partial charge in [0.2, 0.25) is 0 Å². The molecule has 118 valence electrons. The third-order valence-corrected chi connectivity index (χ3v) is 4.32. The number of rotatable bonds is 7. The molecule has 0 heterocycles. The molecule has 0 aliphatic rings. The van der Waals surface area contributed by atoms with Gasteiger partial charge in [-0.1, -0.05) is 63.4 Å². The SMILES string of the molecule is CCCCCC(C)c1cccc(O)c1Cc1ccccc1O. The monoisotopic (exact) mass is 298 g/mol. The van der Waals surface area contributed by atoms with E-state index >= 15 is 0 Å². The van der Waals surface area contributed by atoms with Gasteiger partial charge in [0.25, 0.3) is 0 Å². The van der Waals surface area contributed by atoms with Crippen LogP contribution in [0.1, 0.15) is 62.1 Å². The summed E-state index contributed by atoms with van der Waals surface area (Å²) < 4.78 is 0. The smallest absolute Gasteiger partial charge is 0.119 e. The number of phenols is 2. The second-order valence-corrected chi connectivity index (χ2v) is 6.05. The average Bonchev–Trinajstić information content (AvgIpc) is 2.51. The van der Waals surface area contributed by atoms with Crippen LogP contribution in [0.15, 0.2) is 42.5 Å². The topological polar surface area (TPSA) is 40.5 Å². The minimum Gasteiger partial charge on any atom is -0.508 e. The van der Waals surface area contributed by atoms with Crippen molar-refractivity contribution in [2.75, 3.05) is 0 Å². The minimum absolute atomic E-state index is 0.287. The summed E-state index contributed by atoms with van der Waals surface area (Å²) in [6.07, 6.45) is 5.37. The average molecular weight is 298 g/mol. The predicted octanol–water partition coefficient (Wildman–Crippen LogP) is 5.37. The Morgan fingerprint density at radius 1 is 0.909 bits per heavy atom. The molecular formula is C20H26O2. The zero-order valence-electron chi connectivity index (χ0n) is 13.5. The Hall–Kier alpha value is -1.96. The Balaban J connectivity index is 2.25. The van der Waals surface area contributed by atoms with Gasteiger partial charge < -0.3 is 10.2 Å². The number of phenolic OH excluding ortho intramolecular Hbond substituents is 2. The normalized spacial score (nSPS) is 12.3. The number of hydrogen-bond donors (Lipinski definition) is 2. The van der Waals surface area contributed by atoms with Crippen molar-refractivity contribution >= 4 is 0 Å². The van der Waals surface area contributed by atoms with Gasteiger partial charge in [0.15, 0.2) is 0 Å². The van der Waals surface area contributed by atoms with Crippen LogP contribution in [0, 0.1) is 0 Å². The van der Waals surface area contributed by atoms with Crippen LogP contribution in [0.4, 0.5) is 0 Å². The molecule has 2 aromatic rings. The molecule has 0 aliphatic carbocycles. The highest BCUT2D eigenvalue weighted by Gasteiger charge is 2.15. The summed E-state index contributed by atoms with van der Waals surface area (Å²) in [7, 11) is 0. The Labute approximate surface area is 133 Å². The maximum atomic E-state index is 10.3. The molecule has 1 unspecified atom stereocenters. The summed E-state index contributed by atoms with van der Waals surface area (Å²) in [5.74, 6) is 1.03. The molecule has 2 heteroatoms. The van der Waals surface area contributed by atoms with Gasteiger partial charge in [-0.2, -0.15) is 0 Å². The molecule has 0 amide bonds. The highest BCUT2D eigenvalue weighted by Crippen LogP contribution is 2.33. The van der Waals surface area contributed by atoms with Crippen LogP contribution in [0.3, 0.4) is 0 Å².